The van der Waals surface area contributed by atoms with E-state index in [9.17, 15) is 0 Å². The molecule has 0 bridgehead atoms. The van der Waals surface area contributed by atoms with Gasteiger partial charge in [0.2, 0.25) is 0 Å². The maximum atomic E-state index is 6.08. The van der Waals surface area contributed by atoms with Gasteiger partial charge in [-0.05, 0) is 57.4 Å². The fraction of sp³-hybridized carbons (Fsp3) is 0.647. The van der Waals surface area contributed by atoms with Crippen LogP contribution in [0.25, 0.3) is 0 Å². The fourth-order valence-electron chi connectivity index (χ4n) is 2.78. The molecule has 0 aliphatic heterocycles. The van der Waals surface area contributed by atoms with E-state index in [4.69, 9.17) is 9.47 Å². The summed E-state index contributed by atoms with van der Waals surface area (Å²) in [5.41, 5.74) is 1.35. The number of likely N-dealkylation sites (N-methyl/N-ethyl adjacent to an activating group) is 1. The number of benzene rings is 1. The topological polar surface area (TPSA) is 30.5 Å². The zero-order chi connectivity index (χ0) is 14.4. The van der Waals surface area contributed by atoms with E-state index in [1.165, 1.54) is 12.0 Å². The molecule has 20 heavy (non-hydrogen) atoms. The Balaban J connectivity index is 1.87. The van der Waals surface area contributed by atoms with Gasteiger partial charge in [0, 0.05) is 19.6 Å². The third kappa shape index (κ3) is 4.50. The molecule has 0 saturated heterocycles. The summed E-state index contributed by atoms with van der Waals surface area (Å²) in [6.07, 6.45) is 6.22. The van der Waals surface area contributed by atoms with Crippen LogP contribution in [0.4, 0.5) is 0 Å². The minimum atomic E-state index is 0.302. The van der Waals surface area contributed by atoms with E-state index in [-0.39, 0.29) is 0 Å². The third-order valence-electron chi connectivity index (χ3n) is 4.17. The number of hydrogen-bond acceptors (Lipinski definition) is 3. The Hall–Kier alpha value is -1.06. The van der Waals surface area contributed by atoms with Crippen molar-refractivity contribution in [2.24, 2.45) is 0 Å². The molecule has 1 fully saturated rings. The van der Waals surface area contributed by atoms with Crippen molar-refractivity contribution in [2.75, 3.05) is 14.2 Å². The van der Waals surface area contributed by atoms with Gasteiger partial charge < -0.3 is 14.8 Å². The number of hydrogen-bond donors (Lipinski definition) is 1. The molecule has 3 heteroatoms. The maximum Gasteiger partial charge on any atom is 0.119 e. The normalized spacial score (nSPS) is 24.4. The second-order valence-electron chi connectivity index (χ2n) is 5.80. The molecular weight excluding hydrogens is 250 g/mol. The molecule has 0 heterocycles. The van der Waals surface area contributed by atoms with E-state index in [0.717, 1.165) is 31.4 Å². The van der Waals surface area contributed by atoms with Crippen molar-refractivity contribution < 1.29 is 9.47 Å². The monoisotopic (exact) mass is 277 g/mol. The highest BCUT2D eigenvalue weighted by molar-refractivity contribution is 5.28. The maximum absolute atomic E-state index is 6.08. The Kier molecular flexibility index (Phi) is 5.86. The molecule has 0 amide bonds. The number of methoxy groups -OCH3 is 1. The largest absolute Gasteiger partial charge is 0.490 e. The van der Waals surface area contributed by atoms with Gasteiger partial charge in [0.1, 0.15) is 11.9 Å². The molecule has 1 aromatic rings. The van der Waals surface area contributed by atoms with Gasteiger partial charge in [-0.2, -0.15) is 0 Å². The molecule has 2 rings (SSSR count). The summed E-state index contributed by atoms with van der Waals surface area (Å²) in [6.45, 7) is 2.19. The zero-order valence-electron chi connectivity index (χ0n) is 12.9. The summed E-state index contributed by atoms with van der Waals surface area (Å²) in [4.78, 5) is 0. The quantitative estimate of drug-likeness (QED) is 0.866. The van der Waals surface area contributed by atoms with Gasteiger partial charge in [-0.25, -0.2) is 0 Å². The molecule has 3 nitrogen and oxygen atoms in total. The number of rotatable bonds is 6. The minimum absolute atomic E-state index is 0.302. The van der Waals surface area contributed by atoms with E-state index in [0.29, 0.717) is 18.2 Å². The predicted octanol–water partition coefficient (Wildman–Crippen LogP) is 3.17. The summed E-state index contributed by atoms with van der Waals surface area (Å²) in [7, 11) is 3.79. The molecule has 112 valence electrons. The Morgan fingerprint density at radius 1 is 1.20 bits per heavy atom. The molecule has 1 aliphatic carbocycles. The van der Waals surface area contributed by atoms with Crippen LogP contribution in [-0.4, -0.2) is 32.4 Å². The molecule has 0 radical (unpaired) electrons. The smallest absolute Gasteiger partial charge is 0.119 e. The SMILES string of the molecule is CNC(C)Cc1ccc(OC2CCCC(OC)C2)cc1. The van der Waals surface area contributed by atoms with Crippen molar-refractivity contribution in [1.82, 2.24) is 5.32 Å². The summed E-state index contributed by atoms with van der Waals surface area (Å²) < 4.78 is 11.5. The van der Waals surface area contributed by atoms with Crippen molar-refractivity contribution in [1.29, 1.82) is 0 Å². The van der Waals surface area contributed by atoms with Gasteiger partial charge >= 0.3 is 0 Å². The van der Waals surface area contributed by atoms with Gasteiger partial charge in [-0.15, -0.1) is 0 Å². The zero-order valence-corrected chi connectivity index (χ0v) is 12.9. The van der Waals surface area contributed by atoms with Crippen LogP contribution in [0.15, 0.2) is 24.3 Å². The lowest BCUT2D eigenvalue weighted by Gasteiger charge is -2.28. The standard InChI is InChI=1S/C17H27NO2/c1-13(18-2)11-14-7-9-15(10-8-14)20-17-6-4-5-16(12-17)19-3/h7-10,13,16-18H,4-6,11-12H2,1-3H3. The van der Waals surface area contributed by atoms with Crippen molar-refractivity contribution in [3.63, 3.8) is 0 Å². The van der Waals surface area contributed by atoms with Gasteiger partial charge in [0.25, 0.3) is 0 Å². The summed E-state index contributed by atoms with van der Waals surface area (Å²) in [5.74, 6) is 0.979. The van der Waals surface area contributed by atoms with Gasteiger partial charge in [0.15, 0.2) is 0 Å². The van der Waals surface area contributed by atoms with Gasteiger partial charge in [-0.1, -0.05) is 12.1 Å². The van der Waals surface area contributed by atoms with E-state index >= 15 is 0 Å². The molecule has 1 N–H and O–H groups in total. The van der Waals surface area contributed by atoms with Crippen LogP contribution in [-0.2, 0) is 11.2 Å². The predicted molar refractivity (Wildman–Crippen MR) is 82.3 cm³/mol. The molecule has 3 unspecified atom stereocenters. The van der Waals surface area contributed by atoms with Gasteiger partial charge in [-0.3, -0.25) is 0 Å². The summed E-state index contributed by atoms with van der Waals surface area (Å²) in [6, 6.07) is 9.02. The molecule has 1 aromatic carbocycles. The first kappa shape index (κ1) is 15.3. The highest BCUT2D eigenvalue weighted by Crippen LogP contribution is 2.25. The van der Waals surface area contributed by atoms with Crippen LogP contribution in [0.1, 0.15) is 38.2 Å². The lowest BCUT2D eigenvalue weighted by atomic mass is 9.95. The first-order valence-corrected chi connectivity index (χ1v) is 7.67. The van der Waals surface area contributed by atoms with Crippen LogP contribution in [0.3, 0.4) is 0 Å². The number of ether oxygens (including phenoxy) is 2. The third-order valence-corrected chi connectivity index (χ3v) is 4.17. The average molecular weight is 277 g/mol. The molecule has 0 aromatic heterocycles. The Morgan fingerprint density at radius 2 is 1.90 bits per heavy atom. The Bertz CT molecular complexity index is 390. The minimum Gasteiger partial charge on any atom is -0.490 e. The summed E-state index contributed by atoms with van der Waals surface area (Å²) in [5, 5.41) is 3.26. The molecule has 1 aliphatic rings. The molecule has 3 atom stereocenters. The van der Waals surface area contributed by atoms with Crippen LogP contribution in [0.5, 0.6) is 5.75 Å². The second-order valence-corrected chi connectivity index (χ2v) is 5.80. The van der Waals surface area contributed by atoms with Crippen LogP contribution < -0.4 is 10.1 Å². The molecular formula is C17H27NO2. The van der Waals surface area contributed by atoms with E-state index < -0.39 is 0 Å². The van der Waals surface area contributed by atoms with Crippen molar-refractivity contribution >= 4 is 0 Å². The molecule has 1 saturated carbocycles. The first-order chi connectivity index (χ1) is 9.71. The van der Waals surface area contributed by atoms with Crippen molar-refractivity contribution in [2.45, 2.75) is 57.3 Å². The Labute approximate surface area is 122 Å². The lowest BCUT2D eigenvalue weighted by molar-refractivity contribution is 0.0209. The van der Waals surface area contributed by atoms with Crippen molar-refractivity contribution in [3.8, 4) is 5.75 Å². The average Bonchev–Trinajstić information content (AvgIpc) is 2.49. The highest BCUT2D eigenvalue weighted by atomic mass is 16.5. The number of nitrogens with one attached hydrogen (secondary N) is 1. The Morgan fingerprint density at radius 3 is 2.55 bits per heavy atom. The van der Waals surface area contributed by atoms with E-state index in [1.807, 2.05) is 7.05 Å². The lowest BCUT2D eigenvalue weighted by Crippen LogP contribution is -2.29. The van der Waals surface area contributed by atoms with E-state index in [2.05, 4.69) is 36.5 Å². The summed E-state index contributed by atoms with van der Waals surface area (Å²) >= 11 is 0. The van der Waals surface area contributed by atoms with Crippen LogP contribution >= 0.6 is 0 Å². The van der Waals surface area contributed by atoms with Crippen LogP contribution in [0.2, 0.25) is 0 Å². The first-order valence-electron chi connectivity index (χ1n) is 7.67. The second kappa shape index (κ2) is 7.65. The fourth-order valence-corrected chi connectivity index (χ4v) is 2.78. The van der Waals surface area contributed by atoms with Gasteiger partial charge in [0.05, 0.1) is 6.10 Å². The molecule has 0 spiro atoms. The van der Waals surface area contributed by atoms with Crippen LogP contribution in [0, 0.1) is 0 Å². The highest BCUT2D eigenvalue weighted by Gasteiger charge is 2.22. The van der Waals surface area contributed by atoms with E-state index in [1.54, 1.807) is 7.11 Å². The van der Waals surface area contributed by atoms with Crippen molar-refractivity contribution in [3.05, 3.63) is 29.8 Å².